The summed E-state index contributed by atoms with van der Waals surface area (Å²) < 4.78 is 4.92. The molecule has 0 aliphatic carbocycles. The molecule has 0 saturated heterocycles. The fraction of sp³-hybridized carbons (Fsp3) is 0.238. The number of benzene rings is 2. The summed E-state index contributed by atoms with van der Waals surface area (Å²) in [6.45, 7) is 1.93. The molecule has 136 valence electrons. The molecule has 3 aromatic rings. The first-order valence-electron chi connectivity index (χ1n) is 8.79. The molecule has 0 fully saturated rings. The van der Waals surface area contributed by atoms with Crippen LogP contribution in [0.25, 0.3) is 11.0 Å². The molecule has 2 aromatic carbocycles. The van der Waals surface area contributed by atoms with Gasteiger partial charge in [-0.25, -0.2) is 4.98 Å². The van der Waals surface area contributed by atoms with E-state index in [0.29, 0.717) is 12.2 Å². The smallest absolute Gasteiger partial charge is 0.328 e. The molecule has 0 spiro atoms. The molecule has 1 N–H and O–H groups in total. The number of aromatic amines is 1. The maximum absolute atomic E-state index is 11.9. The van der Waals surface area contributed by atoms with Gasteiger partial charge >= 0.3 is 5.97 Å². The maximum atomic E-state index is 11.9. The van der Waals surface area contributed by atoms with Crippen molar-refractivity contribution < 1.29 is 9.53 Å². The summed E-state index contributed by atoms with van der Waals surface area (Å²) in [5.41, 5.74) is 2.86. The zero-order valence-electron chi connectivity index (χ0n) is 15.0. The third-order valence-electron chi connectivity index (χ3n) is 4.09. The predicted octanol–water partition coefficient (Wildman–Crippen LogP) is 3.62. The largest absolute Gasteiger partial charge is 0.465 e. The topological polar surface area (TPSA) is 91.1 Å². The van der Waals surface area contributed by atoms with E-state index in [1.807, 2.05) is 60.7 Å². The van der Waals surface area contributed by atoms with Gasteiger partial charge in [0, 0.05) is 12.6 Å². The van der Waals surface area contributed by atoms with Crippen LogP contribution in [0.1, 0.15) is 24.4 Å². The highest BCUT2D eigenvalue weighted by Crippen LogP contribution is 2.23. The normalized spacial score (nSPS) is 13.3. The fourth-order valence-electron chi connectivity index (χ4n) is 2.76. The molecule has 0 aliphatic heterocycles. The van der Waals surface area contributed by atoms with E-state index < -0.39 is 11.9 Å². The van der Waals surface area contributed by atoms with Crippen LogP contribution in [-0.2, 0) is 16.0 Å². The molecule has 0 bridgehead atoms. The van der Waals surface area contributed by atoms with Gasteiger partial charge in [-0.1, -0.05) is 42.5 Å². The molecule has 27 heavy (non-hydrogen) atoms. The molecule has 0 saturated carbocycles. The van der Waals surface area contributed by atoms with Crippen LogP contribution in [0.5, 0.6) is 0 Å². The van der Waals surface area contributed by atoms with Crippen molar-refractivity contribution in [1.82, 2.24) is 9.97 Å². The lowest BCUT2D eigenvalue weighted by Gasteiger charge is -2.11. The first-order chi connectivity index (χ1) is 13.2. The number of carbonyl (C=O) groups is 1. The van der Waals surface area contributed by atoms with Crippen molar-refractivity contribution in [2.45, 2.75) is 19.4 Å². The number of aliphatic imine (C=N–C) groups is 1. The first kappa shape index (κ1) is 18.3. The van der Waals surface area contributed by atoms with Crippen LogP contribution in [0.15, 0.2) is 59.6 Å². The van der Waals surface area contributed by atoms with Gasteiger partial charge < -0.3 is 9.72 Å². The van der Waals surface area contributed by atoms with Crippen molar-refractivity contribution in [2.24, 2.45) is 10.9 Å². The van der Waals surface area contributed by atoms with E-state index in [0.717, 1.165) is 16.6 Å². The van der Waals surface area contributed by atoms with Crippen LogP contribution in [0.4, 0.5) is 0 Å². The molecule has 0 radical (unpaired) electrons. The number of nitrogens with zero attached hydrogens (tertiary/aromatic N) is 3. The predicted molar refractivity (Wildman–Crippen MR) is 103 cm³/mol. The van der Waals surface area contributed by atoms with Gasteiger partial charge in [-0.15, -0.1) is 0 Å². The summed E-state index contributed by atoms with van der Waals surface area (Å²) in [6, 6.07) is 19.2. The number of nitriles is 1. The highest BCUT2D eigenvalue weighted by atomic mass is 16.5. The number of fused-ring (bicyclic) bond motifs is 1. The minimum absolute atomic E-state index is 0.224. The molecule has 3 rings (SSSR count). The standard InChI is InChI=1S/C21H20N4O2/c1-2-27-21(26)16(13-22)14-23-19(12-15-8-4-3-5-9-15)20-24-17-10-6-7-11-18(17)25-20/h3-11,14,16,19H,2,12H2,1H3,(H,24,25)/t16-,19+/m1/s1. The molecule has 0 amide bonds. The number of ether oxygens (including phenoxy) is 1. The van der Waals surface area contributed by atoms with Crippen molar-refractivity contribution in [1.29, 1.82) is 5.26 Å². The minimum Gasteiger partial charge on any atom is -0.465 e. The number of carbonyl (C=O) groups excluding carboxylic acids is 1. The summed E-state index contributed by atoms with van der Waals surface area (Å²) in [7, 11) is 0. The molecule has 0 unspecified atom stereocenters. The minimum atomic E-state index is -1.03. The van der Waals surface area contributed by atoms with Gasteiger partial charge in [-0.3, -0.25) is 9.79 Å². The Hall–Kier alpha value is -3.46. The van der Waals surface area contributed by atoms with Crippen LogP contribution >= 0.6 is 0 Å². The van der Waals surface area contributed by atoms with Gasteiger partial charge in [0.1, 0.15) is 11.9 Å². The van der Waals surface area contributed by atoms with Gasteiger partial charge in [0.2, 0.25) is 0 Å². The zero-order valence-corrected chi connectivity index (χ0v) is 15.0. The summed E-state index contributed by atoms with van der Waals surface area (Å²) >= 11 is 0. The molecule has 1 heterocycles. The number of rotatable bonds is 7. The molecule has 6 nitrogen and oxygen atoms in total. The number of hydrogen-bond acceptors (Lipinski definition) is 5. The van der Waals surface area contributed by atoms with E-state index in [-0.39, 0.29) is 12.6 Å². The number of para-hydroxylation sites is 2. The quantitative estimate of drug-likeness (QED) is 0.514. The highest BCUT2D eigenvalue weighted by molar-refractivity contribution is 5.93. The van der Waals surface area contributed by atoms with E-state index in [9.17, 15) is 10.1 Å². The lowest BCUT2D eigenvalue weighted by atomic mass is 10.1. The van der Waals surface area contributed by atoms with Crippen LogP contribution in [0, 0.1) is 17.2 Å². The Balaban J connectivity index is 1.90. The summed E-state index contributed by atoms with van der Waals surface area (Å²) in [4.78, 5) is 24.3. The fourth-order valence-corrected chi connectivity index (χ4v) is 2.76. The second kappa shape index (κ2) is 8.77. The lowest BCUT2D eigenvalue weighted by molar-refractivity contribution is -0.143. The van der Waals surface area contributed by atoms with Crippen molar-refractivity contribution >= 4 is 23.2 Å². The van der Waals surface area contributed by atoms with Gasteiger partial charge in [-0.05, 0) is 24.6 Å². The molecular weight excluding hydrogens is 340 g/mol. The average Bonchev–Trinajstić information content (AvgIpc) is 3.12. The van der Waals surface area contributed by atoms with E-state index in [4.69, 9.17) is 4.74 Å². The Morgan fingerprint density at radius 3 is 2.70 bits per heavy atom. The van der Waals surface area contributed by atoms with Crippen LogP contribution in [0.2, 0.25) is 0 Å². The Morgan fingerprint density at radius 1 is 1.26 bits per heavy atom. The Kier molecular flexibility index (Phi) is 5.95. The monoisotopic (exact) mass is 360 g/mol. The summed E-state index contributed by atoms with van der Waals surface area (Å²) in [5.74, 6) is -0.934. The number of esters is 1. The SMILES string of the molecule is CCOC(=O)[C@H](C#N)C=N[C@@H](Cc1ccccc1)c1nc2ccccc2[nH]1. The van der Waals surface area contributed by atoms with E-state index in [1.54, 1.807) is 6.92 Å². The van der Waals surface area contributed by atoms with Crippen molar-refractivity contribution in [3.05, 3.63) is 66.0 Å². The third kappa shape index (κ3) is 4.59. The van der Waals surface area contributed by atoms with E-state index >= 15 is 0 Å². The number of aromatic nitrogens is 2. The van der Waals surface area contributed by atoms with Crippen LogP contribution in [-0.4, -0.2) is 28.8 Å². The maximum Gasteiger partial charge on any atom is 0.328 e. The number of imidazole rings is 1. The van der Waals surface area contributed by atoms with Crippen LogP contribution in [0.3, 0.4) is 0 Å². The average molecular weight is 360 g/mol. The highest BCUT2D eigenvalue weighted by Gasteiger charge is 2.20. The molecule has 0 aliphatic rings. The summed E-state index contributed by atoms with van der Waals surface area (Å²) in [5, 5.41) is 9.25. The van der Waals surface area contributed by atoms with Gasteiger partial charge in [0.05, 0.1) is 23.7 Å². The van der Waals surface area contributed by atoms with Crippen LogP contribution < -0.4 is 0 Å². The van der Waals surface area contributed by atoms with Gasteiger partial charge in [0.15, 0.2) is 5.92 Å². The first-order valence-corrected chi connectivity index (χ1v) is 8.79. The Bertz CT molecular complexity index is 940. The molecule has 1 aromatic heterocycles. The van der Waals surface area contributed by atoms with E-state index in [2.05, 4.69) is 15.0 Å². The van der Waals surface area contributed by atoms with Crippen molar-refractivity contribution in [3.8, 4) is 6.07 Å². The molecular formula is C21H20N4O2. The third-order valence-corrected chi connectivity index (χ3v) is 4.09. The molecule has 2 atom stereocenters. The number of hydrogen-bond donors (Lipinski definition) is 1. The summed E-state index contributed by atoms with van der Waals surface area (Å²) in [6.07, 6.45) is 1.96. The Labute approximate surface area is 157 Å². The number of H-pyrrole nitrogens is 1. The number of nitrogens with one attached hydrogen (secondary N) is 1. The van der Waals surface area contributed by atoms with Gasteiger partial charge in [-0.2, -0.15) is 5.26 Å². The molecule has 6 heteroatoms. The second-order valence-electron chi connectivity index (χ2n) is 6.00. The lowest BCUT2D eigenvalue weighted by Crippen LogP contribution is -2.18. The van der Waals surface area contributed by atoms with Crippen molar-refractivity contribution in [2.75, 3.05) is 6.61 Å². The Morgan fingerprint density at radius 2 is 2.00 bits per heavy atom. The zero-order chi connectivity index (χ0) is 19.1. The van der Waals surface area contributed by atoms with Crippen molar-refractivity contribution in [3.63, 3.8) is 0 Å². The second-order valence-corrected chi connectivity index (χ2v) is 6.00. The van der Waals surface area contributed by atoms with Gasteiger partial charge in [0.25, 0.3) is 0 Å². The van der Waals surface area contributed by atoms with E-state index in [1.165, 1.54) is 6.21 Å².